The van der Waals surface area contributed by atoms with Gasteiger partial charge in [-0.15, -0.1) is 0 Å². The number of nitrogens with zero attached hydrogens (tertiary/aromatic N) is 3. The summed E-state index contributed by atoms with van der Waals surface area (Å²) >= 11 is 3.46. The molecule has 1 heterocycles. The van der Waals surface area contributed by atoms with Gasteiger partial charge in [0.25, 0.3) is 0 Å². The molecule has 0 fully saturated rings. The number of anilines is 2. The number of rotatable bonds is 3. The van der Waals surface area contributed by atoms with Crippen molar-refractivity contribution in [3.05, 3.63) is 46.3 Å². The Morgan fingerprint density at radius 1 is 1.11 bits per heavy atom. The van der Waals surface area contributed by atoms with E-state index in [4.69, 9.17) is 0 Å². The van der Waals surface area contributed by atoms with Crippen molar-refractivity contribution < 1.29 is 0 Å². The lowest BCUT2D eigenvalue weighted by Gasteiger charge is -2.20. The van der Waals surface area contributed by atoms with Crippen molar-refractivity contribution in [1.82, 2.24) is 9.97 Å². The van der Waals surface area contributed by atoms with Crippen molar-refractivity contribution >= 4 is 27.4 Å². The van der Waals surface area contributed by atoms with Crippen LogP contribution in [0.3, 0.4) is 0 Å². The largest absolute Gasteiger partial charge is 0.329 e. The molecule has 0 saturated heterocycles. The Labute approximate surface area is 122 Å². The van der Waals surface area contributed by atoms with Gasteiger partial charge in [-0.2, -0.15) is 0 Å². The molecule has 19 heavy (non-hydrogen) atoms. The lowest BCUT2D eigenvalue weighted by molar-refractivity contribution is 0.767. The van der Waals surface area contributed by atoms with E-state index in [-0.39, 0.29) is 0 Å². The first-order chi connectivity index (χ1) is 8.97. The molecule has 0 amide bonds. The molecule has 0 aliphatic carbocycles. The topological polar surface area (TPSA) is 29.0 Å². The fraction of sp³-hybridized carbons (Fsp3) is 0.333. The summed E-state index contributed by atoms with van der Waals surface area (Å²) in [6.07, 6.45) is 0. The molecule has 0 aliphatic heterocycles. The molecule has 0 aliphatic rings. The van der Waals surface area contributed by atoms with Crippen LogP contribution in [-0.2, 0) is 0 Å². The number of benzene rings is 1. The Hall–Kier alpha value is -1.42. The van der Waals surface area contributed by atoms with Gasteiger partial charge in [-0.1, -0.05) is 31.5 Å². The summed E-state index contributed by atoms with van der Waals surface area (Å²) in [5.74, 6) is 2.06. The number of aryl methyl sites for hydroxylation is 1. The molecule has 2 rings (SSSR count). The molecule has 0 spiro atoms. The van der Waals surface area contributed by atoms with Gasteiger partial charge in [0.15, 0.2) is 0 Å². The number of aromatic nitrogens is 2. The minimum absolute atomic E-state index is 0.308. The number of halogens is 1. The highest BCUT2D eigenvalue weighted by molar-refractivity contribution is 9.10. The summed E-state index contributed by atoms with van der Waals surface area (Å²) in [5, 5.41) is 0. The number of hydrogen-bond donors (Lipinski definition) is 0. The third-order valence-corrected chi connectivity index (χ3v) is 3.39. The molecule has 2 aromatic rings. The van der Waals surface area contributed by atoms with Gasteiger partial charge in [0.2, 0.25) is 0 Å². The molecule has 1 aromatic heterocycles. The van der Waals surface area contributed by atoms with Crippen LogP contribution in [0, 0.1) is 6.92 Å². The van der Waals surface area contributed by atoms with Gasteiger partial charge < -0.3 is 4.90 Å². The Morgan fingerprint density at radius 2 is 1.74 bits per heavy atom. The van der Waals surface area contributed by atoms with E-state index in [2.05, 4.69) is 75.8 Å². The van der Waals surface area contributed by atoms with Gasteiger partial charge >= 0.3 is 0 Å². The maximum absolute atomic E-state index is 4.62. The van der Waals surface area contributed by atoms with Crippen molar-refractivity contribution in [2.75, 3.05) is 11.9 Å². The van der Waals surface area contributed by atoms with Gasteiger partial charge in [0.1, 0.15) is 16.2 Å². The van der Waals surface area contributed by atoms with Crippen LogP contribution >= 0.6 is 15.9 Å². The molecular formula is C15H18BrN3. The molecule has 0 radical (unpaired) electrons. The average molecular weight is 320 g/mol. The highest BCUT2D eigenvalue weighted by atomic mass is 79.9. The van der Waals surface area contributed by atoms with Crippen molar-refractivity contribution in [2.24, 2.45) is 0 Å². The van der Waals surface area contributed by atoms with Crippen molar-refractivity contribution in [2.45, 2.75) is 26.7 Å². The van der Waals surface area contributed by atoms with E-state index in [1.807, 2.05) is 13.1 Å². The Kier molecular flexibility index (Phi) is 4.20. The van der Waals surface area contributed by atoms with E-state index >= 15 is 0 Å². The Balaban J connectivity index is 2.38. The monoisotopic (exact) mass is 319 g/mol. The standard InChI is InChI=1S/C15H18BrN3/c1-10(2)15-17-13(16)9-14(18-15)19(4)12-7-5-11(3)6-8-12/h5-10H,1-4H3. The second-order valence-electron chi connectivity index (χ2n) is 4.96. The maximum atomic E-state index is 4.62. The van der Waals surface area contributed by atoms with Crippen LogP contribution in [0.5, 0.6) is 0 Å². The van der Waals surface area contributed by atoms with Crippen LogP contribution in [0.15, 0.2) is 34.9 Å². The summed E-state index contributed by atoms with van der Waals surface area (Å²) < 4.78 is 0.820. The van der Waals surface area contributed by atoms with E-state index < -0.39 is 0 Å². The lowest BCUT2D eigenvalue weighted by atomic mass is 10.2. The van der Waals surface area contributed by atoms with E-state index in [1.54, 1.807) is 0 Å². The smallest absolute Gasteiger partial charge is 0.137 e. The summed E-state index contributed by atoms with van der Waals surface area (Å²) in [6.45, 7) is 6.27. The van der Waals surface area contributed by atoms with Crippen molar-refractivity contribution in [3.63, 3.8) is 0 Å². The molecule has 0 unspecified atom stereocenters. The molecule has 4 heteroatoms. The summed E-state index contributed by atoms with van der Waals surface area (Å²) in [6, 6.07) is 10.3. The Bertz CT molecular complexity index is 564. The molecule has 100 valence electrons. The van der Waals surface area contributed by atoms with Crippen LogP contribution in [-0.4, -0.2) is 17.0 Å². The average Bonchev–Trinajstić information content (AvgIpc) is 2.38. The SMILES string of the molecule is Cc1ccc(N(C)c2cc(Br)nc(C(C)C)n2)cc1. The van der Waals surface area contributed by atoms with Crippen LogP contribution in [0.1, 0.15) is 31.2 Å². The van der Waals surface area contributed by atoms with E-state index in [0.29, 0.717) is 5.92 Å². The second-order valence-corrected chi connectivity index (χ2v) is 5.77. The van der Waals surface area contributed by atoms with Gasteiger partial charge in [-0.05, 0) is 35.0 Å². The number of hydrogen-bond acceptors (Lipinski definition) is 3. The van der Waals surface area contributed by atoms with Gasteiger partial charge in [-0.25, -0.2) is 9.97 Å². The van der Waals surface area contributed by atoms with Crippen LogP contribution < -0.4 is 4.90 Å². The summed E-state index contributed by atoms with van der Waals surface area (Å²) in [4.78, 5) is 11.1. The molecule has 1 aromatic carbocycles. The van der Waals surface area contributed by atoms with E-state index in [9.17, 15) is 0 Å². The fourth-order valence-electron chi connectivity index (χ4n) is 1.75. The van der Waals surface area contributed by atoms with Crippen LogP contribution in [0.2, 0.25) is 0 Å². The zero-order valence-electron chi connectivity index (χ0n) is 11.7. The predicted molar refractivity (Wildman–Crippen MR) is 83.1 cm³/mol. The van der Waals surface area contributed by atoms with Crippen molar-refractivity contribution in [1.29, 1.82) is 0 Å². The molecule has 0 N–H and O–H groups in total. The third kappa shape index (κ3) is 3.32. The van der Waals surface area contributed by atoms with Crippen LogP contribution in [0.4, 0.5) is 11.5 Å². The molecule has 0 saturated carbocycles. The van der Waals surface area contributed by atoms with Crippen molar-refractivity contribution in [3.8, 4) is 0 Å². The third-order valence-electron chi connectivity index (χ3n) is 2.98. The van der Waals surface area contributed by atoms with E-state index in [1.165, 1.54) is 5.56 Å². The Morgan fingerprint density at radius 3 is 2.32 bits per heavy atom. The second kappa shape index (κ2) is 5.70. The highest BCUT2D eigenvalue weighted by Gasteiger charge is 2.11. The first kappa shape index (κ1) is 14.0. The van der Waals surface area contributed by atoms with E-state index in [0.717, 1.165) is 21.9 Å². The molecule has 0 atom stereocenters. The maximum Gasteiger partial charge on any atom is 0.137 e. The minimum Gasteiger partial charge on any atom is -0.329 e. The van der Waals surface area contributed by atoms with Gasteiger partial charge in [-0.3, -0.25) is 0 Å². The zero-order valence-corrected chi connectivity index (χ0v) is 13.3. The zero-order chi connectivity index (χ0) is 14.0. The quantitative estimate of drug-likeness (QED) is 0.783. The molecule has 0 bridgehead atoms. The van der Waals surface area contributed by atoms with Gasteiger partial charge in [0, 0.05) is 24.7 Å². The molecular weight excluding hydrogens is 302 g/mol. The first-order valence-electron chi connectivity index (χ1n) is 6.32. The predicted octanol–water partition coefficient (Wildman–Crippen LogP) is 4.44. The van der Waals surface area contributed by atoms with Gasteiger partial charge in [0.05, 0.1) is 0 Å². The first-order valence-corrected chi connectivity index (χ1v) is 7.11. The summed E-state index contributed by atoms with van der Waals surface area (Å²) in [7, 11) is 2.02. The normalized spacial score (nSPS) is 10.8. The fourth-order valence-corrected chi connectivity index (χ4v) is 2.14. The summed E-state index contributed by atoms with van der Waals surface area (Å²) in [5.41, 5.74) is 2.37. The molecule has 3 nitrogen and oxygen atoms in total. The van der Waals surface area contributed by atoms with Crippen LogP contribution in [0.25, 0.3) is 0 Å². The highest BCUT2D eigenvalue weighted by Crippen LogP contribution is 2.25. The lowest BCUT2D eigenvalue weighted by Crippen LogP contribution is -2.13. The minimum atomic E-state index is 0.308.